The molecule has 1 aliphatic rings. The summed E-state index contributed by atoms with van der Waals surface area (Å²) in [6, 6.07) is 14.1. The van der Waals surface area contributed by atoms with E-state index in [-0.39, 0.29) is 11.9 Å². The van der Waals surface area contributed by atoms with Gasteiger partial charge in [0.1, 0.15) is 0 Å². The summed E-state index contributed by atoms with van der Waals surface area (Å²) >= 11 is 6.01. The lowest BCUT2D eigenvalue weighted by molar-refractivity contribution is 0.0932. The summed E-state index contributed by atoms with van der Waals surface area (Å²) in [5.74, 6) is -0.161. The summed E-state index contributed by atoms with van der Waals surface area (Å²) < 4.78 is 1.67. The number of nitrogens with zero attached hydrogens (tertiary/aromatic N) is 3. The van der Waals surface area contributed by atoms with Crippen molar-refractivity contribution in [1.29, 1.82) is 0 Å². The van der Waals surface area contributed by atoms with E-state index in [0.717, 1.165) is 18.6 Å². The van der Waals surface area contributed by atoms with Gasteiger partial charge in [0.15, 0.2) is 5.69 Å². The average Bonchev–Trinajstić information content (AvgIpc) is 3.32. The maximum absolute atomic E-state index is 12.7. The second-order valence-electron chi connectivity index (χ2n) is 7.12. The van der Waals surface area contributed by atoms with Crippen molar-refractivity contribution in [2.24, 2.45) is 0 Å². The fourth-order valence-corrected chi connectivity index (χ4v) is 3.83. The predicted molar refractivity (Wildman–Crippen MR) is 107 cm³/mol. The third kappa shape index (κ3) is 3.99. The van der Waals surface area contributed by atoms with Crippen molar-refractivity contribution in [2.45, 2.75) is 25.8 Å². The van der Waals surface area contributed by atoms with E-state index in [1.807, 2.05) is 0 Å². The lowest BCUT2D eigenvalue weighted by Crippen LogP contribution is -2.37. The maximum atomic E-state index is 12.7. The molecule has 1 aromatic carbocycles. The first-order valence-electron chi connectivity index (χ1n) is 9.34. The molecule has 3 aromatic rings. The molecule has 1 aliphatic heterocycles. The number of amides is 1. The topological polar surface area (TPSA) is 49.6 Å². The van der Waals surface area contributed by atoms with Crippen molar-refractivity contribution < 1.29 is 4.79 Å². The number of hydrogen-bond donors (Lipinski definition) is 1. The molecule has 0 unspecified atom stereocenters. The third-order valence-corrected chi connectivity index (χ3v) is 5.39. The molecule has 1 amide bonds. The van der Waals surface area contributed by atoms with Gasteiger partial charge >= 0.3 is 0 Å². The molecule has 6 heteroatoms. The zero-order chi connectivity index (χ0) is 18.8. The third-order valence-electron chi connectivity index (χ3n) is 5.16. The second-order valence-corrected chi connectivity index (χ2v) is 7.56. The lowest BCUT2D eigenvalue weighted by Gasteiger charge is -2.28. The number of carbonyl (C=O) groups excluding carboxylic acids is 1. The van der Waals surface area contributed by atoms with Crippen LogP contribution in [0.2, 0.25) is 5.02 Å². The Hall–Kier alpha value is -2.37. The van der Waals surface area contributed by atoms with Crippen LogP contribution in [-0.4, -0.2) is 40.1 Å². The molecule has 27 heavy (non-hydrogen) atoms. The van der Waals surface area contributed by atoms with Crippen LogP contribution in [0.5, 0.6) is 0 Å². The molecule has 1 atom stereocenters. The number of aromatic nitrogens is 2. The smallest absolute Gasteiger partial charge is 0.271 e. The molecule has 0 spiro atoms. The van der Waals surface area contributed by atoms with Crippen molar-refractivity contribution >= 4 is 23.0 Å². The quantitative estimate of drug-likeness (QED) is 0.728. The monoisotopic (exact) mass is 382 g/mol. The van der Waals surface area contributed by atoms with Gasteiger partial charge < -0.3 is 5.32 Å². The number of pyridine rings is 1. The van der Waals surface area contributed by atoms with Crippen molar-refractivity contribution in [1.82, 2.24) is 19.8 Å². The van der Waals surface area contributed by atoms with Crippen LogP contribution in [0.1, 0.15) is 40.5 Å². The van der Waals surface area contributed by atoms with E-state index >= 15 is 0 Å². The minimum Gasteiger partial charge on any atom is -0.349 e. The molecule has 1 saturated heterocycles. The Morgan fingerprint density at radius 3 is 2.67 bits per heavy atom. The minimum absolute atomic E-state index is 0.161. The lowest BCUT2D eigenvalue weighted by atomic mass is 10.0. The van der Waals surface area contributed by atoms with Gasteiger partial charge in [-0.25, -0.2) is 4.52 Å². The highest BCUT2D eigenvalue weighted by Gasteiger charge is 2.24. The fraction of sp³-hybridized carbons (Fsp3) is 0.333. The molecule has 3 heterocycles. The molecule has 0 aliphatic carbocycles. The van der Waals surface area contributed by atoms with Crippen molar-refractivity contribution in [3.8, 4) is 0 Å². The number of carbonyl (C=O) groups is 1. The van der Waals surface area contributed by atoms with Crippen molar-refractivity contribution in [3.05, 3.63) is 70.5 Å². The molecule has 0 saturated carbocycles. The van der Waals surface area contributed by atoms with Crippen LogP contribution in [-0.2, 0) is 0 Å². The maximum Gasteiger partial charge on any atom is 0.271 e. The fourth-order valence-electron chi connectivity index (χ4n) is 3.66. The van der Waals surface area contributed by atoms with E-state index in [4.69, 9.17) is 11.6 Å². The molecule has 4 rings (SSSR count). The molecule has 0 radical (unpaired) electrons. The first kappa shape index (κ1) is 18.0. The van der Waals surface area contributed by atoms with Crippen LogP contribution < -0.4 is 5.32 Å². The number of likely N-dealkylation sites (tertiary alicyclic amines) is 1. The number of benzene rings is 1. The summed E-state index contributed by atoms with van der Waals surface area (Å²) in [6.45, 7) is 4.80. The van der Waals surface area contributed by atoms with E-state index < -0.39 is 0 Å². The van der Waals surface area contributed by atoms with E-state index in [1.54, 1.807) is 28.9 Å². The van der Waals surface area contributed by atoms with E-state index in [2.05, 4.69) is 46.5 Å². The highest BCUT2D eigenvalue weighted by Crippen LogP contribution is 2.25. The number of rotatable bonds is 5. The summed E-state index contributed by atoms with van der Waals surface area (Å²) in [5.41, 5.74) is 3.69. The highest BCUT2D eigenvalue weighted by molar-refractivity contribution is 6.30. The standard InChI is InChI=1S/C21H23ClN4O/c1-15-4-6-16(7-5-15)20(25-9-2-3-10-25)14-23-21(27)19-13-18-12-17(22)8-11-26(18)24-19/h4-8,11-13,20H,2-3,9-10,14H2,1H3,(H,23,27)/t20-/m0/s1. The van der Waals surface area contributed by atoms with Crippen molar-refractivity contribution in [2.75, 3.05) is 19.6 Å². The Labute approximate surface area is 163 Å². The molecule has 5 nitrogen and oxygen atoms in total. The molecular weight excluding hydrogens is 360 g/mol. The van der Waals surface area contributed by atoms with Gasteiger partial charge in [-0.05, 0) is 56.6 Å². The summed E-state index contributed by atoms with van der Waals surface area (Å²) in [4.78, 5) is 15.1. The van der Waals surface area contributed by atoms with E-state index in [9.17, 15) is 4.79 Å². The summed E-state index contributed by atoms with van der Waals surface area (Å²) in [5, 5.41) is 8.05. The first-order chi connectivity index (χ1) is 13.1. The number of halogens is 1. The van der Waals surface area contributed by atoms with Gasteiger partial charge in [-0.2, -0.15) is 5.10 Å². The van der Waals surface area contributed by atoms with Gasteiger partial charge in [0.25, 0.3) is 5.91 Å². The molecular formula is C21H23ClN4O. The minimum atomic E-state index is -0.161. The van der Waals surface area contributed by atoms with Gasteiger partial charge in [-0.15, -0.1) is 0 Å². The number of hydrogen-bond acceptors (Lipinski definition) is 3. The van der Waals surface area contributed by atoms with Gasteiger partial charge in [0, 0.05) is 17.8 Å². The van der Waals surface area contributed by atoms with Crippen molar-refractivity contribution in [3.63, 3.8) is 0 Å². The molecule has 1 N–H and O–H groups in total. The van der Waals surface area contributed by atoms with Gasteiger partial charge in [0.05, 0.1) is 11.6 Å². The molecule has 2 aromatic heterocycles. The normalized spacial score (nSPS) is 15.9. The average molecular weight is 383 g/mol. The Kier molecular flexibility index (Phi) is 5.14. The SMILES string of the molecule is Cc1ccc([C@H](CNC(=O)c2cc3cc(Cl)ccn3n2)N2CCCC2)cc1. The van der Waals surface area contributed by atoms with Gasteiger partial charge in [0.2, 0.25) is 0 Å². The molecule has 0 bridgehead atoms. The van der Waals surface area contributed by atoms with Crippen LogP contribution in [0.25, 0.3) is 5.52 Å². The van der Waals surface area contributed by atoms with Crippen LogP contribution in [0, 0.1) is 6.92 Å². The number of aryl methyl sites for hydroxylation is 1. The highest BCUT2D eigenvalue weighted by atomic mass is 35.5. The Bertz CT molecular complexity index is 944. The molecule has 1 fully saturated rings. The Morgan fingerprint density at radius 2 is 1.93 bits per heavy atom. The van der Waals surface area contributed by atoms with Crippen LogP contribution in [0.15, 0.2) is 48.7 Å². The second kappa shape index (κ2) is 7.71. The predicted octanol–water partition coefficient (Wildman–Crippen LogP) is 3.86. The van der Waals surface area contributed by atoms with E-state index in [0.29, 0.717) is 17.3 Å². The number of fused-ring (bicyclic) bond motifs is 1. The Morgan fingerprint density at radius 1 is 1.19 bits per heavy atom. The van der Waals surface area contributed by atoms with Crippen LogP contribution >= 0.6 is 11.6 Å². The first-order valence-corrected chi connectivity index (χ1v) is 9.72. The molecule has 140 valence electrons. The van der Waals surface area contributed by atoms with Gasteiger partial charge in [-0.3, -0.25) is 9.69 Å². The number of nitrogens with one attached hydrogen (secondary N) is 1. The van der Waals surface area contributed by atoms with E-state index in [1.165, 1.54) is 24.0 Å². The zero-order valence-electron chi connectivity index (χ0n) is 15.4. The summed E-state index contributed by atoms with van der Waals surface area (Å²) in [6.07, 6.45) is 4.18. The van der Waals surface area contributed by atoms with Crippen LogP contribution in [0.4, 0.5) is 0 Å². The van der Waals surface area contributed by atoms with Gasteiger partial charge in [-0.1, -0.05) is 41.4 Å². The zero-order valence-corrected chi connectivity index (χ0v) is 16.1. The Balaban J connectivity index is 1.50. The van der Waals surface area contributed by atoms with Crippen LogP contribution in [0.3, 0.4) is 0 Å². The largest absolute Gasteiger partial charge is 0.349 e. The summed E-state index contributed by atoms with van der Waals surface area (Å²) in [7, 11) is 0.